The van der Waals surface area contributed by atoms with Crippen molar-refractivity contribution >= 4 is 34.6 Å². The molecule has 1 aliphatic rings. The lowest BCUT2D eigenvalue weighted by Crippen LogP contribution is -2.35. The molecule has 0 radical (unpaired) electrons. The molecule has 3 aromatic carbocycles. The first-order valence-electron chi connectivity index (χ1n) is 12.8. The van der Waals surface area contributed by atoms with Crippen molar-refractivity contribution in [3.63, 3.8) is 0 Å². The van der Waals surface area contributed by atoms with Gasteiger partial charge in [-0.25, -0.2) is 0 Å². The third-order valence-electron chi connectivity index (χ3n) is 6.89. The molecule has 39 heavy (non-hydrogen) atoms. The first-order chi connectivity index (χ1) is 18.9. The Labute approximate surface area is 226 Å². The predicted molar refractivity (Wildman–Crippen MR) is 152 cm³/mol. The van der Waals surface area contributed by atoms with Crippen molar-refractivity contribution in [2.75, 3.05) is 28.6 Å². The van der Waals surface area contributed by atoms with Crippen LogP contribution in [0.15, 0.2) is 84.9 Å². The number of carbonyl (C=O) groups excluding carboxylic acids is 2. The van der Waals surface area contributed by atoms with E-state index in [1.54, 1.807) is 16.7 Å². The third-order valence-corrected chi connectivity index (χ3v) is 6.89. The smallest absolute Gasteiger partial charge is 0.265 e. The van der Waals surface area contributed by atoms with Crippen molar-refractivity contribution in [1.82, 2.24) is 4.57 Å². The van der Waals surface area contributed by atoms with Crippen LogP contribution >= 0.6 is 0 Å². The number of hydrogen-bond acceptors (Lipinski definition) is 6. The Hall–Kier alpha value is -4.60. The van der Waals surface area contributed by atoms with Gasteiger partial charge < -0.3 is 36.0 Å². The van der Waals surface area contributed by atoms with Crippen molar-refractivity contribution in [3.05, 3.63) is 102 Å². The number of carbonyl (C=O) groups is 2. The van der Waals surface area contributed by atoms with Gasteiger partial charge in [-0.1, -0.05) is 0 Å². The van der Waals surface area contributed by atoms with Crippen LogP contribution in [0, 0.1) is 0 Å². The van der Waals surface area contributed by atoms with E-state index in [-0.39, 0.29) is 18.6 Å². The molecule has 1 saturated heterocycles. The minimum absolute atomic E-state index is 0.186. The fourth-order valence-electron chi connectivity index (χ4n) is 4.75. The van der Waals surface area contributed by atoms with Crippen LogP contribution in [-0.4, -0.2) is 45.8 Å². The van der Waals surface area contributed by atoms with E-state index in [1.807, 2.05) is 72.8 Å². The van der Waals surface area contributed by atoms with E-state index in [0.717, 1.165) is 43.0 Å². The van der Waals surface area contributed by atoms with E-state index in [2.05, 4.69) is 15.5 Å². The van der Waals surface area contributed by atoms with Gasteiger partial charge in [-0.2, -0.15) is 0 Å². The number of aromatic nitrogens is 1. The molecular weight excluding hydrogens is 494 g/mol. The molecule has 2 amide bonds. The summed E-state index contributed by atoms with van der Waals surface area (Å²) in [5, 5.41) is 25.6. The van der Waals surface area contributed by atoms with Crippen molar-refractivity contribution in [2.24, 2.45) is 5.73 Å². The average Bonchev–Trinajstić information content (AvgIpc) is 3.40. The number of nitrogens with two attached hydrogens (primary N) is 1. The Kier molecular flexibility index (Phi) is 7.62. The van der Waals surface area contributed by atoms with Gasteiger partial charge in [0.15, 0.2) is 0 Å². The molecule has 9 nitrogen and oxygen atoms in total. The van der Waals surface area contributed by atoms with Crippen LogP contribution in [0.25, 0.3) is 5.69 Å². The number of hydrogen-bond donors (Lipinski definition) is 5. The lowest BCUT2D eigenvalue weighted by Gasteiger charge is -2.31. The SMILES string of the molecule is NC(=O)c1ccc(CO)n1-c1ccc(Nc2ccc(NC(=O)c3ccc(N4CCC(O)CC4)cc3)cc2)cc1. The Morgan fingerprint density at radius 3 is 1.95 bits per heavy atom. The number of anilines is 4. The van der Waals surface area contributed by atoms with Crippen LogP contribution in [0.2, 0.25) is 0 Å². The fraction of sp³-hybridized carbons (Fsp3) is 0.200. The second kappa shape index (κ2) is 11.4. The number of primary amides is 1. The highest BCUT2D eigenvalue weighted by Gasteiger charge is 2.18. The minimum Gasteiger partial charge on any atom is -0.393 e. The summed E-state index contributed by atoms with van der Waals surface area (Å²) in [6, 6.07) is 25.6. The molecule has 6 N–H and O–H groups in total. The highest BCUT2D eigenvalue weighted by Crippen LogP contribution is 2.24. The van der Waals surface area contributed by atoms with E-state index in [1.165, 1.54) is 0 Å². The highest BCUT2D eigenvalue weighted by atomic mass is 16.3. The van der Waals surface area contributed by atoms with Crippen LogP contribution < -0.4 is 21.3 Å². The van der Waals surface area contributed by atoms with E-state index in [4.69, 9.17) is 5.73 Å². The maximum absolute atomic E-state index is 12.7. The van der Waals surface area contributed by atoms with E-state index in [0.29, 0.717) is 28.3 Å². The van der Waals surface area contributed by atoms with Gasteiger partial charge in [-0.05, 0) is 97.8 Å². The molecule has 0 atom stereocenters. The lowest BCUT2D eigenvalue weighted by atomic mass is 10.1. The number of aliphatic hydroxyl groups excluding tert-OH is 2. The van der Waals surface area contributed by atoms with Crippen molar-refractivity contribution < 1.29 is 19.8 Å². The molecule has 200 valence electrons. The van der Waals surface area contributed by atoms with E-state index < -0.39 is 5.91 Å². The van der Waals surface area contributed by atoms with E-state index in [9.17, 15) is 19.8 Å². The van der Waals surface area contributed by atoms with Gasteiger partial charge in [-0.3, -0.25) is 9.59 Å². The number of aliphatic hydroxyl groups is 2. The zero-order chi connectivity index (χ0) is 27.4. The molecule has 0 unspecified atom stereocenters. The summed E-state index contributed by atoms with van der Waals surface area (Å²) in [5.41, 5.74) is 11.0. The highest BCUT2D eigenvalue weighted by molar-refractivity contribution is 6.04. The van der Waals surface area contributed by atoms with Crippen LogP contribution in [0.5, 0.6) is 0 Å². The second-order valence-electron chi connectivity index (χ2n) is 9.54. The number of rotatable bonds is 8. The summed E-state index contributed by atoms with van der Waals surface area (Å²) in [6.07, 6.45) is 1.30. The summed E-state index contributed by atoms with van der Waals surface area (Å²) in [5.74, 6) is -0.755. The number of benzene rings is 3. The molecule has 5 rings (SSSR count). The summed E-state index contributed by atoms with van der Waals surface area (Å²) in [7, 11) is 0. The Morgan fingerprint density at radius 1 is 0.795 bits per heavy atom. The van der Waals surface area contributed by atoms with Crippen LogP contribution in [0.3, 0.4) is 0 Å². The average molecular weight is 526 g/mol. The molecule has 1 aliphatic heterocycles. The molecule has 4 aromatic rings. The number of nitrogens with one attached hydrogen (secondary N) is 2. The molecule has 2 heterocycles. The molecular formula is C30H31N5O4. The van der Waals surface area contributed by atoms with Gasteiger partial charge in [0.1, 0.15) is 5.69 Å². The van der Waals surface area contributed by atoms with Gasteiger partial charge in [0, 0.05) is 52.8 Å². The predicted octanol–water partition coefficient (Wildman–Crippen LogP) is 4.03. The summed E-state index contributed by atoms with van der Waals surface area (Å²) >= 11 is 0. The molecule has 0 aliphatic carbocycles. The zero-order valence-electron chi connectivity index (χ0n) is 21.4. The van der Waals surface area contributed by atoms with Gasteiger partial charge in [-0.15, -0.1) is 0 Å². The molecule has 1 aromatic heterocycles. The van der Waals surface area contributed by atoms with Crippen molar-refractivity contribution in [3.8, 4) is 5.69 Å². The Bertz CT molecular complexity index is 1440. The van der Waals surface area contributed by atoms with E-state index >= 15 is 0 Å². The standard InChI is InChI=1S/C30H31N5O4/c31-29(38)28-14-13-26(19-36)35(28)25-11-7-22(8-12-25)32-21-3-5-23(6-4-21)33-30(39)20-1-9-24(10-2-20)34-17-15-27(37)16-18-34/h1-14,27,32,36-37H,15-19H2,(H2,31,38)(H,33,39). The quantitative estimate of drug-likeness (QED) is 0.236. The first-order valence-corrected chi connectivity index (χ1v) is 12.8. The fourth-order valence-corrected chi connectivity index (χ4v) is 4.75. The largest absolute Gasteiger partial charge is 0.393 e. The van der Waals surface area contributed by atoms with Crippen LogP contribution in [-0.2, 0) is 6.61 Å². The third kappa shape index (κ3) is 5.95. The molecule has 0 spiro atoms. The number of nitrogens with zero attached hydrogens (tertiary/aromatic N) is 2. The second-order valence-corrected chi connectivity index (χ2v) is 9.54. The molecule has 1 fully saturated rings. The monoisotopic (exact) mass is 525 g/mol. The zero-order valence-corrected chi connectivity index (χ0v) is 21.4. The maximum Gasteiger partial charge on any atom is 0.265 e. The van der Waals surface area contributed by atoms with Crippen LogP contribution in [0.4, 0.5) is 22.7 Å². The minimum atomic E-state index is -0.569. The lowest BCUT2D eigenvalue weighted by molar-refractivity contribution is 0.0991. The summed E-state index contributed by atoms with van der Waals surface area (Å²) in [4.78, 5) is 26.7. The molecule has 9 heteroatoms. The maximum atomic E-state index is 12.7. The summed E-state index contributed by atoms with van der Waals surface area (Å²) in [6.45, 7) is 1.41. The van der Waals surface area contributed by atoms with Crippen molar-refractivity contribution in [1.29, 1.82) is 0 Å². The van der Waals surface area contributed by atoms with Gasteiger partial charge >= 0.3 is 0 Å². The topological polar surface area (TPSA) is 133 Å². The summed E-state index contributed by atoms with van der Waals surface area (Å²) < 4.78 is 1.63. The number of amides is 2. The molecule has 0 bridgehead atoms. The number of piperidine rings is 1. The van der Waals surface area contributed by atoms with Gasteiger partial charge in [0.05, 0.1) is 12.7 Å². The normalized spacial score (nSPS) is 13.7. The van der Waals surface area contributed by atoms with Gasteiger partial charge in [0.25, 0.3) is 11.8 Å². The first kappa shape index (κ1) is 26.0. The van der Waals surface area contributed by atoms with Crippen molar-refractivity contribution in [2.45, 2.75) is 25.6 Å². The Morgan fingerprint density at radius 2 is 1.36 bits per heavy atom. The molecule has 0 saturated carbocycles. The Balaban J connectivity index is 1.19. The van der Waals surface area contributed by atoms with Gasteiger partial charge in [0.2, 0.25) is 0 Å². The van der Waals surface area contributed by atoms with Crippen LogP contribution in [0.1, 0.15) is 39.4 Å².